The van der Waals surface area contributed by atoms with Crippen LogP contribution in [-0.4, -0.2) is 58.6 Å². The lowest BCUT2D eigenvalue weighted by molar-refractivity contribution is -0.140. The monoisotopic (exact) mass is 406 g/mol. The quantitative estimate of drug-likeness (QED) is 0.540. The molecule has 2 saturated heterocycles. The minimum atomic E-state index is -1.07. The standard InChI is InChI=1S/C20H14N4O6/c25-15-17(27)23(13-7-3-1-4-8-13)19(29)21(15)11-12-22-16(26)18(28)24(20(22)30)14-9-5-2-6-10-14/h1-10H,11-12H2. The van der Waals surface area contributed by atoms with Crippen LogP contribution in [0.1, 0.15) is 0 Å². The third-order valence-electron chi connectivity index (χ3n) is 4.68. The predicted octanol–water partition coefficient (Wildman–Crippen LogP) is 0.977. The van der Waals surface area contributed by atoms with Crippen molar-refractivity contribution in [2.75, 3.05) is 22.9 Å². The molecule has 0 aromatic heterocycles. The fraction of sp³-hybridized carbons (Fsp3) is 0.100. The highest BCUT2D eigenvalue weighted by molar-refractivity contribution is 6.53. The average Bonchev–Trinajstić information content (AvgIpc) is 3.10. The molecule has 0 atom stereocenters. The number of carbonyl (C=O) groups is 6. The Morgan fingerprint density at radius 3 is 1.13 bits per heavy atom. The molecule has 10 nitrogen and oxygen atoms in total. The number of hydrogen-bond donors (Lipinski definition) is 0. The van der Waals surface area contributed by atoms with Crippen LogP contribution in [0.15, 0.2) is 60.7 Å². The van der Waals surface area contributed by atoms with E-state index in [1.54, 1.807) is 36.4 Å². The Morgan fingerprint density at radius 1 is 0.467 bits per heavy atom. The van der Waals surface area contributed by atoms with Gasteiger partial charge in [-0.2, -0.15) is 0 Å². The second kappa shape index (κ2) is 7.24. The Hall–Kier alpha value is -4.34. The number of rotatable bonds is 5. The molecule has 2 aliphatic heterocycles. The Labute approximate surface area is 169 Å². The number of nitrogens with zero attached hydrogens (tertiary/aromatic N) is 4. The van der Waals surface area contributed by atoms with Gasteiger partial charge in [0, 0.05) is 13.1 Å². The van der Waals surface area contributed by atoms with Crippen LogP contribution in [0.25, 0.3) is 0 Å². The van der Waals surface area contributed by atoms with Gasteiger partial charge < -0.3 is 0 Å². The van der Waals surface area contributed by atoms with Crippen LogP contribution < -0.4 is 9.80 Å². The van der Waals surface area contributed by atoms with E-state index in [4.69, 9.17) is 0 Å². The summed E-state index contributed by atoms with van der Waals surface area (Å²) in [5.74, 6) is -4.22. The van der Waals surface area contributed by atoms with Crippen molar-refractivity contribution in [1.29, 1.82) is 0 Å². The first-order chi connectivity index (χ1) is 14.4. The number of benzene rings is 2. The van der Waals surface area contributed by atoms with Gasteiger partial charge in [0.1, 0.15) is 0 Å². The van der Waals surface area contributed by atoms with Crippen molar-refractivity contribution in [1.82, 2.24) is 9.80 Å². The summed E-state index contributed by atoms with van der Waals surface area (Å²) in [6, 6.07) is 14.0. The largest absolute Gasteiger partial charge is 0.338 e. The Kier molecular flexibility index (Phi) is 4.59. The van der Waals surface area contributed by atoms with Crippen LogP contribution in [0.2, 0.25) is 0 Å². The second-order valence-corrected chi connectivity index (χ2v) is 6.43. The fourth-order valence-electron chi connectivity index (χ4n) is 3.21. The molecule has 0 unspecified atom stereocenters. The van der Waals surface area contributed by atoms with E-state index in [0.717, 1.165) is 9.80 Å². The number of carbonyl (C=O) groups excluding carboxylic acids is 6. The van der Waals surface area contributed by atoms with E-state index in [2.05, 4.69) is 0 Å². The van der Waals surface area contributed by atoms with Crippen LogP contribution in [0.3, 0.4) is 0 Å². The van der Waals surface area contributed by atoms with Gasteiger partial charge >= 0.3 is 35.7 Å². The third kappa shape index (κ3) is 2.91. The van der Waals surface area contributed by atoms with E-state index in [0.29, 0.717) is 9.80 Å². The first kappa shape index (κ1) is 19.0. The van der Waals surface area contributed by atoms with Gasteiger partial charge in [0.15, 0.2) is 0 Å². The molecule has 8 amide bonds. The zero-order valence-electron chi connectivity index (χ0n) is 15.4. The molecule has 0 aliphatic carbocycles. The minimum Gasteiger partial charge on any atom is -0.263 e. The molecule has 2 aliphatic rings. The van der Waals surface area contributed by atoms with Gasteiger partial charge in [-0.05, 0) is 24.3 Å². The summed E-state index contributed by atoms with van der Waals surface area (Å²) in [6.07, 6.45) is 0. The van der Waals surface area contributed by atoms with E-state index in [1.165, 1.54) is 24.3 Å². The highest BCUT2D eigenvalue weighted by Crippen LogP contribution is 2.24. The second-order valence-electron chi connectivity index (χ2n) is 6.43. The lowest BCUT2D eigenvalue weighted by atomic mass is 10.3. The zero-order chi connectivity index (χ0) is 21.4. The highest BCUT2D eigenvalue weighted by Gasteiger charge is 2.48. The van der Waals surface area contributed by atoms with Crippen LogP contribution in [0.5, 0.6) is 0 Å². The lowest BCUT2D eigenvalue weighted by Gasteiger charge is -2.19. The van der Waals surface area contributed by atoms with Crippen molar-refractivity contribution in [2.24, 2.45) is 0 Å². The summed E-state index contributed by atoms with van der Waals surface area (Å²) in [5.41, 5.74) is 0.448. The van der Waals surface area contributed by atoms with Gasteiger partial charge in [-0.25, -0.2) is 19.4 Å². The van der Waals surface area contributed by atoms with Crippen molar-refractivity contribution in [3.05, 3.63) is 60.7 Å². The number of anilines is 2. The maximum atomic E-state index is 12.6. The minimum absolute atomic E-state index is 0.224. The summed E-state index contributed by atoms with van der Waals surface area (Å²) < 4.78 is 0. The zero-order valence-corrected chi connectivity index (χ0v) is 15.4. The van der Waals surface area contributed by atoms with Crippen LogP contribution in [-0.2, 0) is 19.2 Å². The summed E-state index contributed by atoms with van der Waals surface area (Å²) in [6.45, 7) is -0.833. The molecule has 2 heterocycles. The van der Waals surface area contributed by atoms with Gasteiger partial charge in [-0.3, -0.25) is 29.0 Å². The van der Waals surface area contributed by atoms with Crippen LogP contribution in [0, 0.1) is 0 Å². The van der Waals surface area contributed by atoms with Crippen LogP contribution >= 0.6 is 0 Å². The first-order valence-electron chi connectivity index (χ1n) is 8.91. The molecule has 150 valence electrons. The average molecular weight is 406 g/mol. The summed E-state index contributed by atoms with van der Waals surface area (Å²) in [4.78, 5) is 76.9. The molecule has 0 N–H and O–H groups in total. The molecule has 30 heavy (non-hydrogen) atoms. The van der Waals surface area contributed by atoms with E-state index in [-0.39, 0.29) is 11.4 Å². The van der Waals surface area contributed by atoms with Gasteiger partial charge in [-0.15, -0.1) is 0 Å². The number of imide groups is 4. The molecule has 0 radical (unpaired) electrons. The molecule has 10 heteroatoms. The van der Waals surface area contributed by atoms with E-state index < -0.39 is 48.8 Å². The molecule has 4 rings (SSSR count). The summed E-state index contributed by atoms with van der Waals surface area (Å²) >= 11 is 0. The first-order valence-corrected chi connectivity index (χ1v) is 8.91. The molecular weight excluding hydrogens is 392 g/mol. The van der Waals surface area contributed by atoms with Crippen molar-refractivity contribution < 1.29 is 28.8 Å². The summed E-state index contributed by atoms with van der Waals surface area (Å²) in [5, 5.41) is 0. The number of hydrogen-bond acceptors (Lipinski definition) is 6. The molecule has 0 saturated carbocycles. The molecule has 0 spiro atoms. The fourth-order valence-corrected chi connectivity index (χ4v) is 3.21. The molecule has 2 fully saturated rings. The Balaban J connectivity index is 1.51. The molecule has 2 aromatic carbocycles. The third-order valence-corrected chi connectivity index (χ3v) is 4.68. The Morgan fingerprint density at radius 2 is 0.800 bits per heavy atom. The van der Waals surface area contributed by atoms with Gasteiger partial charge in [0.2, 0.25) is 0 Å². The smallest absolute Gasteiger partial charge is 0.263 e. The van der Waals surface area contributed by atoms with Crippen molar-refractivity contribution in [3.63, 3.8) is 0 Å². The van der Waals surface area contributed by atoms with Gasteiger partial charge in [-0.1, -0.05) is 36.4 Å². The van der Waals surface area contributed by atoms with Crippen molar-refractivity contribution in [2.45, 2.75) is 0 Å². The van der Waals surface area contributed by atoms with Gasteiger partial charge in [0.05, 0.1) is 11.4 Å². The van der Waals surface area contributed by atoms with Crippen molar-refractivity contribution in [3.8, 4) is 0 Å². The number of para-hydroxylation sites is 2. The maximum absolute atomic E-state index is 12.6. The molecular formula is C20H14N4O6. The Bertz CT molecular complexity index is 997. The van der Waals surface area contributed by atoms with E-state index in [9.17, 15) is 28.8 Å². The normalized spacial score (nSPS) is 17.1. The lowest BCUT2D eigenvalue weighted by Crippen LogP contribution is -2.42. The summed E-state index contributed by atoms with van der Waals surface area (Å²) in [7, 11) is 0. The van der Waals surface area contributed by atoms with Crippen LogP contribution in [0.4, 0.5) is 21.0 Å². The van der Waals surface area contributed by atoms with Crippen molar-refractivity contribution >= 4 is 47.1 Å². The molecule has 0 bridgehead atoms. The van der Waals surface area contributed by atoms with E-state index in [1.807, 2.05) is 0 Å². The highest BCUT2D eigenvalue weighted by atomic mass is 16.2. The maximum Gasteiger partial charge on any atom is 0.338 e. The number of amides is 8. The van der Waals surface area contributed by atoms with Gasteiger partial charge in [0.25, 0.3) is 0 Å². The van der Waals surface area contributed by atoms with E-state index >= 15 is 0 Å². The SMILES string of the molecule is O=C1C(=O)N(c2ccccc2)C(=O)N1CCN1C(=O)C(=O)N(c2ccccc2)C1=O. The molecule has 2 aromatic rings. The number of urea groups is 2. The predicted molar refractivity (Wildman–Crippen MR) is 102 cm³/mol. The topological polar surface area (TPSA) is 115 Å².